The molecule has 0 aliphatic heterocycles. The molecule has 0 saturated heterocycles. The Hall–Kier alpha value is -3.87. The van der Waals surface area contributed by atoms with Crippen molar-refractivity contribution in [3.63, 3.8) is 0 Å². The van der Waals surface area contributed by atoms with Gasteiger partial charge in [0.05, 0.1) is 39.9 Å². The lowest BCUT2D eigenvalue weighted by molar-refractivity contribution is 0.102. The molecule has 0 aliphatic rings. The molecule has 7 nitrogen and oxygen atoms in total. The molecule has 0 atom stereocenters. The fraction of sp³-hybridized carbons (Fsp3) is 0. The summed E-state index contributed by atoms with van der Waals surface area (Å²) in [5.74, 6) is -1.88. The topological polar surface area (TPSA) is 96.5 Å². The van der Waals surface area contributed by atoms with Gasteiger partial charge >= 0.3 is 0 Å². The van der Waals surface area contributed by atoms with Crippen LogP contribution in [0.4, 0.5) is 14.5 Å². The fourth-order valence-electron chi connectivity index (χ4n) is 2.93. The number of nitrogens with zero attached hydrogens (tertiary/aromatic N) is 5. The number of halogens is 4. The predicted molar refractivity (Wildman–Crippen MR) is 114 cm³/mol. The maximum Gasteiger partial charge on any atom is 0.257 e. The lowest BCUT2D eigenvalue weighted by Gasteiger charge is -2.11. The van der Waals surface area contributed by atoms with Crippen molar-refractivity contribution in [1.29, 1.82) is 5.26 Å². The second-order valence-electron chi connectivity index (χ2n) is 6.42. The number of carbonyl (C=O) groups is 1. The van der Waals surface area contributed by atoms with Crippen molar-refractivity contribution in [2.75, 3.05) is 5.32 Å². The number of rotatable bonds is 4. The Morgan fingerprint density at radius 1 is 1.03 bits per heavy atom. The third kappa shape index (κ3) is 4.14. The van der Waals surface area contributed by atoms with Gasteiger partial charge in [-0.3, -0.25) is 4.79 Å². The summed E-state index contributed by atoms with van der Waals surface area (Å²) in [7, 11) is 0. The summed E-state index contributed by atoms with van der Waals surface area (Å²) < 4.78 is 28.0. The molecule has 2 aromatic carbocycles. The number of aromatic nitrogens is 4. The van der Waals surface area contributed by atoms with Gasteiger partial charge < -0.3 is 5.32 Å². The first-order chi connectivity index (χ1) is 15.4. The summed E-state index contributed by atoms with van der Waals surface area (Å²) in [6.45, 7) is 0. The first kappa shape index (κ1) is 21.4. The van der Waals surface area contributed by atoms with Crippen LogP contribution in [-0.4, -0.2) is 25.9 Å². The standard InChI is InChI=1S/C21H10Cl2F2N6O/c22-17-6-12(24)1-2-14(17)15-7-18(23)16(8-19(15)25)21(32)30-13-5-11(9-26)20(27-10-13)31-28-3-4-29-31/h1-8,10H,(H,30,32). The van der Waals surface area contributed by atoms with Gasteiger partial charge in [0.2, 0.25) is 0 Å². The molecule has 158 valence electrons. The maximum absolute atomic E-state index is 14.8. The van der Waals surface area contributed by atoms with Crippen LogP contribution in [0.15, 0.2) is 55.0 Å². The number of hydrogen-bond acceptors (Lipinski definition) is 5. The largest absolute Gasteiger partial charge is 0.320 e. The molecule has 11 heteroatoms. The van der Waals surface area contributed by atoms with E-state index in [2.05, 4.69) is 20.5 Å². The lowest BCUT2D eigenvalue weighted by Crippen LogP contribution is -2.14. The first-order valence-electron chi connectivity index (χ1n) is 8.90. The Bertz CT molecular complexity index is 1390. The van der Waals surface area contributed by atoms with E-state index < -0.39 is 17.5 Å². The Morgan fingerprint density at radius 2 is 1.78 bits per heavy atom. The summed E-state index contributed by atoms with van der Waals surface area (Å²) >= 11 is 12.2. The van der Waals surface area contributed by atoms with Crippen molar-refractivity contribution >= 4 is 34.8 Å². The Balaban J connectivity index is 1.63. The van der Waals surface area contributed by atoms with E-state index in [1.54, 1.807) is 0 Å². The van der Waals surface area contributed by atoms with Gasteiger partial charge in [-0.2, -0.15) is 15.5 Å². The van der Waals surface area contributed by atoms with Gasteiger partial charge in [0.15, 0.2) is 5.82 Å². The lowest BCUT2D eigenvalue weighted by atomic mass is 10.0. The van der Waals surface area contributed by atoms with Gasteiger partial charge in [-0.15, -0.1) is 4.80 Å². The zero-order valence-corrected chi connectivity index (χ0v) is 17.4. The van der Waals surface area contributed by atoms with Crippen molar-refractivity contribution in [2.45, 2.75) is 0 Å². The number of nitriles is 1. The number of benzene rings is 2. The van der Waals surface area contributed by atoms with Crippen molar-refractivity contribution < 1.29 is 13.6 Å². The van der Waals surface area contributed by atoms with Crippen LogP contribution in [0.3, 0.4) is 0 Å². The molecular formula is C21H10Cl2F2N6O. The molecule has 2 heterocycles. The molecule has 0 unspecified atom stereocenters. The first-order valence-corrected chi connectivity index (χ1v) is 9.65. The summed E-state index contributed by atoms with van der Waals surface area (Å²) in [6, 6.07) is 9.01. The van der Waals surface area contributed by atoms with E-state index in [0.29, 0.717) is 0 Å². The molecule has 0 bridgehead atoms. The monoisotopic (exact) mass is 470 g/mol. The number of pyridine rings is 1. The average molecular weight is 471 g/mol. The van der Waals surface area contributed by atoms with E-state index in [0.717, 1.165) is 23.0 Å². The van der Waals surface area contributed by atoms with Crippen LogP contribution in [0, 0.1) is 23.0 Å². The van der Waals surface area contributed by atoms with Crippen LogP contribution in [0.25, 0.3) is 16.9 Å². The molecule has 1 N–H and O–H groups in total. The molecule has 0 saturated carbocycles. The highest BCUT2D eigenvalue weighted by molar-refractivity contribution is 6.35. The molecule has 0 radical (unpaired) electrons. The highest BCUT2D eigenvalue weighted by atomic mass is 35.5. The molecule has 32 heavy (non-hydrogen) atoms. The highest BCUT2D eigenvalue weighted by Gasteiger charge is 2.19. The minimum atomic E-state index is -0.774. The van der Waals surface area contributed by atoms with Crippen LogP contribution in [0.2, 0.25) is 10.0 Å². The normalized spacial score (nSPS) is 10.6. The van der Waals surface area contributed by atoms with Gasteiger partial charge in [0.25, 0.3) is 5.91 Å². The van der Waals surface area contributed by atoms with Gasteiger partial charge in [-0.25, -0.2) is 13.8 Å². The summed E-state index contributed by atoms with van der Waals surface area (Å²) in [6.07, 6.45) is 4.16. The second-order valence-corrected chi connectivity index (χ2v) is 7.23. The molecule has 2 aromatic heterocycles. The molecule has 4 rings (SSSR count). The molecule has 4 aromatic rings. The zero-order valence-electron chi connectivity index (χ0n) is 15.9. The molecular weight excluding hydrogens is 461 g/mol. The summed E-state index contributed by atoms with van der Waals surface area (Å²) in [5, 5.41) is 19.7. The Morgan fingerprint density at radius 3 is 2.47 bits per heavy atom. The van der Waals surface area contributed by atoms with Crippen molar-refractivity contribution in [3.8, 4) is 23.0 Å². The van der Waals surface area contributed by atoms with Gasteiger partial charge in [-0.1, -0.05) is 23.2 Å². The quantitative estimate of drug-likeness (QED) is 0.450. The van der Waals surface area contributed by atoms with Crippen molar-refractivity contribution in [1.82, 2.24) is 20.0 Å². The summed E-state index contributed by atoms with van der Waals surface area (Å²) in [4.78, 5) is 17.9. The Kier molecular flexibility index (Phi) is 5.81. The van der Waals surface area contributed by atoms with Crippen LogP contribution in [0.5, 0.6) is 0 Å². The van der Waals surface area contributed by atoms with Crippen molar-refractivity contribution in [2.24, 2.45) is 0 Å². The number of nitrogens with one attached hydrogen (secondary N) is 1. The van der Waals surface area contributed by atoms with Crippen molar-refractivity contribution in [3.05, 3.63) is 87.8 Å². The van der Waals surface area contributed by atoms with Crippen LogP contribution in [0.1, 0.15) is 15.9 Å². The van der Waals surface area contributed by atoms with E-state index in [9.17, 15) is 18.8 Å². The number of carbonyl (C=O) groups excluding carboxylic acids is 1. The zero-order chi connectivity index (χ0) is 22.8. The minimum absolute atomic E-state index is 0.000892. The highest BCUT2D eigenvalue weighted by Crippen LogP contribution is 2.34. The molecule has 1 amide bonds. The van der Waals surface area contributed by atoms with Crippen LogP contribution < -0.4 is 5.32 Å². The number of anilines is 1. The number of hydrogen-bond donors (Lipinski definition) is 1. The summed E-state index contributed by atoms with van der Waals surface area (Å²) in [5.41, 5.74) is 0.385. The van der Waals surface area contributed by atoms with Crippen LogP contribution >= 0.6 is 23.2 Å². The third-order valence-electron chi connectivity index (χ3n) is 4.38. The van der Waals surface area contributed by atoms with Gasteiger partial charge in [-0.05, 0) is 36.4 Å². The SMILES string of the molecule is N#Cc1cc(NC(=O)c2cc(F)c(-c3ccc(F)cc3Cl)cc2Cl)cnc1-n1nccn1. The van der Waals surface area contributed by atoms with E-state index in [1.807, 2.05) is 6.07 Å². The van der Waals surface area contributed by atoms with Crippen LogP contribution in [-0.2, 0) is 0 Å². The van der Waals surface area contributed by atoms with Gasteiger partial charge in [0.1, 0.15) is 23.3 Å². The molecule has 0 aliphatic carbocycles. The Labute approximate surface area is 189 Å². The minimum Gasteiger partial charge on any atom is -0.320 e. The van der Waals surface area contributed by atoms with E-state index in [1.165, 1.54) is 36.8 Å². The smallest absolute Gasteiger partial charge is 0.257 e. The average Bonchev–Trinajstić information content (AvgIpc) is 3.30. The third-order valence-corrected chi connectivity index (χ3v) is 5.00. The van der Waals surface area contributed by atoms with E-state index in [-0.39, 0.29) is 43.8 Å². The number of amides is 1. The fourth-order valence-corrected chi connectivity index (χ4v) is 3.44. The second kappa shape index (κ2) is 8.70. The molecule has 0 spiro atoms. The van der Waals surface area contributed by atoms with E-state index >= 15 is 0 Å². The van der Waals surface area contributed by atoms with Gasteiger partial charge in [0, 0.05) is 11.1 Å². The van der Waals surface area contributed by atoms with E-state index in [4.69, 9.17) is 23.2 Å². The predicted octanol–water partition coefficient (Wildman–Crippen LogP) is 5.04. The molecule has 0 fully saturated rings. The maximum atomic E-state index is 14.8.